The first-order valence-electron chi connectivity index (χ1n) is 10.3. The van der Waals surface area contributed by atoms with Crippen molar-refractivity contribution >= 4 is 66.7 Å². The fourth-order valence-electron chi connectivity index (χ4n) is 4.51. The fourth-order valence-corrected chi connectivity index (χ4v) is 6.33. The predicted molar refractivity (Wildman–Crippen MR) is 149 cm³/mol. The van der Waals surface area contributed by atoms with Crippen LogP contribution >= 0.6 is 45.2 Å². The number of benzene rings is 5. The maximum atomic E-state index is 11.2. The van der Waals surface area contributed by atoms with E-state index in [4.69, 9.17) is 0 Å². The van der Waals surface area contributed by atoms with Gasteiger partial charge in [0, 0.05) is 17.0 Å². The summed E-state index contributed by atoms with van der Waals surface area (Å²) in [7, 11) is 0. The molecule has 0 fully saturated rings. The van der Waals surface area contributed by atoms with Crippen molar-refractivity contribution in [2.45, 2.75) is 5.92 Å². The van der Waals surface area contributed by atoms with Crippen LogP contribution < -0.4 is 0 Å². The van der Waals surface area contributed by atoms with Gasteiger partial charge in [0.1, 0.15) is 5.75 Å². The number of fused-ring (bicyclic) bond motifs is 2. The van der Waals surface area contributed by atoms with Crippen molar-refractivity contribution in [2.75, 3.05) is 0 Å². The third-order valence-corrected chi connectivity index (χ3v) is 7.68. The van der Waals surface area contributed by atoms with E-state index in [-0.39, 0.29) is 28.7 Å². The highest BCUT2D eigenvalue weighted by atomic mass is 127. The van der Waals surface area contributed by atoms with Crippen LogP contribution in [0.3, 0.4) is 0 Å². The predicted octanol–water partition coefficient (Wildman–Crippen LogP) is 6.91. The molecule has 5 aromatic carbocycles. The lowest BCUT2D eigenvalue weighted by atomic mass is 9.79. The zero-order chi connectivity index (χ0) is 24.1. The first kappa shape index (κ1) is 22.9. The highest BCUT2D eigenvalue weighted by Crippen LogP contribution is 2.51. The van der Waals surface area contributed by atoms with Crippen molar-refractivity contribution in [1.82, 2.24) is 0 Å². The molecule has 0 heterocycles. The van der Waals surface area contributed by atoms with Gasteiger partial charge in [0.15, 0.2) is 23.0 Å². The topological polar surface area (TPSA) is 101 Å². The molecule has 0 aliphatic heterocycles. The average Bonchev–Trinajstić information content (AvgIpc) is 2.82. The van der Waals surface area contributed by atoms with E-state index in [1.807, 2.05) is 93.7 Å². The van der Waals surface area contributed by atoms with Crippen LogP contribution in [-0.2, 0) is 0 Å². The number of phenolic OH excluding ortho intramolecular Hbond substituents is 5. The largest absolute Gasteiger partial charge is 0.506 e. The summed E-state index contributed by atoms with van der Waals surface area (Å²) in [5.41, 5.74) is 1.45. The highest BCUT2D eigenvalue weighted by molar-refractivity contribution is 14.1. The monoisotopic (exact) mass is 676 g/mol. The lowest BCUT2D eigenvalue weighted by Crippen LogP contribution is -2.07. The van der Waals surface area contributed by atoms with E-state index in [2.05, 4.69) is 0 Å². The molecule has 0 atom stereocenters. The Morgan fingerprint density at radius 3 is 1.38 bits per heavy atom. The summed E-state index contributed by atoms with van der Waals surface area (Å²) in [5.74, 6) is -1.84. The zero-order valence-corrected chi connectivity index (χ0v) is 21.8. The second kappa shape index (κ2) is 8.70. The molecule has 0 spiro atoms. The van der Waals surface area contributed by atoms with Crippen molar-refractivity contribution in [2.24, 2.45) is 0 Å². The molecule has 0 radical (unpaired) electrons. The van der Waals surface area contributed by atoms with E-state index in [1.165, 1.54) is 12.1 Å². The second-order valence-electron chi connectivity index (χ2n) is 8.02. The number of rotatable bonds is 3. The van der Waals surface area contributed by atoms with Crippen LogP contribution in [0.1, 0.15) is 22.6 Å². The van der Waals surface area contributed by atoms with Gasteiger partial charge in [0.05, 0.1) is 7.14 Å². The lowest BCUT2D eigenvalue weighted by molar-refractivity contribution is 0.395. The lowest BCUT2D eigenvalue weighted by Gasteiger charge is -2.25. The molecule has 0 aliphatic carbocycles. The van der Waals surface area contributed by atoms with E-state index in [1.54, 1.807) is 12.1 Å². The van der Waals surface area contributed by atoms with Gasteiger partial charge in [-0.05, 0) is 96.6 Å². The summed E-state index contributed by atoms with van der Waals surface area (Å²) in [6.45, 7) is 0. The molecule has 5 rings (SSSR count). The summed E-state index contributed by atoms with van der Waals surface area (Å²) in [6, 6.07) is 21.2. The van der Waals surface area contributed by atoms with Crippen LogP contribution in [0, 0.1) is 7.14 Å². The second-order valence-corrected chi connectivity index (χ2v) is 10.3. The van der Waals surface area contributed by atoms with Crippen LogP contribution in [0.25, 0.3) is 21.5 Å². The van der Waals surface area contributed by atoms with Gasteiger partial charge < -0.3 is 25.5 Å². The van der Waals surface area contributed by atoms with Crippen molar-refractivity contribution in [3.63, 3.8) is 0 Å². The van der Waals surface area contributed by atoms with Gasteiger partial charge in [-0.25, -0.2) is 0 Å². The van der Waals surface area contributed by atoms with Gasteiger partial charge in [-0.3, -0.25) is 0 Å². The van der Waals surface area contributed by atoms with Crippen molar-refractivity contribution in [1.29, 1.82) is 0 Å². The Bertz CT molecular complexity index is 1480. The van der Waals surface area contributed by atoms with E-state index < -0.39 is 5.92 Å². The zero-order valence-electron chi connectivity index (χ0n) is 17.5. The molecule has 0 saturated carbocycles. The maximum Gasteiger partial charge on any atom is 0.162 e. The number of hydrogen-bond donors (Lipinski definition) is 5. The Morgan fingerprint density at radius 2 is 0.941 bits per heavy atom. The number of hydrogen-bond acceptors (Lipinski definition) is 5. The van der Waals surface area contributed by atoms with Gasteiger partial charge in [-0.2, -0.15) is 0 Å². The summed E-state index contributed by atoms with van der Waals surface area (Å²) < 4.78 is 1.19. The molecule has 34 heavy (non-hydrogen) atoms. The Labute approximate surface area is 222 Å². The van der Waals surface area contributed by atoms with Crippen LogP contribution in [0.4, 0.5) is 0 Å². The number of phenols is 5. The number of aromatic hydroxyl groups is 5. The van der Waals surface area contributed by atoms with Crippen LogP contribution in [0.15, 0.2) is 72.8 Å². The van der Waals surface area contributed by atoms with E-state index in [9.17, 15) is 25.5 Å². The molecule has 170 valence electrons. The van der Waals surface area contributed by atoms with Gasteiger partial charge in [0.2, 0.25) is 0 Å². The molecule has 5 nitrogen and oxygen atoms in total. The standard InChI is InChI=1S/C27H18I2O5/c28-18-9-15(10-19(29)25(18)32)22(23-16-7-3-1-5-13(16)11-20(30)26(23)33)24-17-8-4-2-6-14(17)12-21(31)27(24)34/h1-12,22,30-34H. The molecule has 0 amide bonds. The van der Waals surface area contributed by atoms with Crippen LogP contribution in [0.5, 0.6) is 28.7 Å². The number of halogens is 2. The van der Waals surface area contributed by atoms with Crippen molar-refractivity contribution < 1.29 is 25.5 Å². The van der Waals surface area contributed by atoms with E-state index in [0.717, 1.165) is 0 Å². The quantitative estimate of drug-likeness (QED) is 0.0813. The Kier molecular flexibility index (Phi) is 5.85. The smallest absolute Gasteiger partial charge is 0.162 e. The Hall–Kier alpha value is -2.92. The molecule has 0 aliphatic rings. The van der Waals surface area contributed by atoms with Crippen LogP contribution in [0.2, 0.25) is 0 Å². The van der Waals surface area contributed by atoms with Crippen LogP contribution in [-0.4, -0.2) is 25.5 Å². The summed E-state index contributed by atoms with van der Waals surface area (Å²) in [5, 5.41) is 56.8. The summed E-state index contributed by atoms with van der Waals surface area (Å²) in [6.07, 6.45) is 0. The SMILES string of the molecule is Oc1cc2ccccc2c(C(c2cc(I)c(O)c(I)c2)c2c(O)c(O)cc3ccccc23)c1O. The molecule has 0 unspecified atom stereocenters. The van der Waals surface area contributed by atoms with Gasteiger partial charge in [-0.1, -0.05) is 48.5 Å². The third-order valence-electron chi connectivity index (χ3n) is 6.03. The molecule has 0 aromatic heterocycles. The maximum absolute atomic E-state index is 11.2. The Morgan fingerprint density at radius 1 is 0.529 bits per heavy atom. The van der Waals surface area contributed by atoms with Gasteiger partial charge in [-0.15, -0.1) is 0 Å². The molecule has 7 heteroatoms. The first-order valence-corrected chi connectivity index (χ1v) is 12.5. The molecule has 0 saturated heterocycles. The average molecular weight is 676 g/mol. The van der Waals surface area contributed by atoms with Crippen molar-refractivity contribution in [3.05, 3.63) is 96.6 Å². The molecule has 5 N–H and O–H groups in total. The Balaban J connectivity index is 2.00. The molecule has 5 aromatic rings. The van der Waals surface area contributed by atoms with E-state index >= 15 is 0 Å². The summed E-state index contributed by atoms with van der Waals surface area (Å²) >= 11 is 4.07. The summed E-state index contributed by atoms with van der Waals surface area (Å²) in [4.78, 5) is 0. The minimum Gasteiger partial charge on any atom is -0.506 e. The molecular weight excluding hydrogens is 658 g/mol. The van der Waals surface area contributed by atoms with Crippen molar-refractivity contribution in [3.8, 4) is 28.7 Å². The molecular formula is C27H18I2O5. The normalized spacial score (nSPS) is 11.5. The third kappa shape index (κ3) is 3.67. The fraction of sp³-hybridized carbons (Fsp3) is 0.0370. The van der Waals surface area contributed by atoms with E-state index in [0.29, 0.717) is 45.4 Å². The van der Waals surface area contributed by atoms with Gasteiger partial charge >= 0.3 is 0 Å². The minimum absolute atomic E-state index is 0.138. The minimum atomic E-state index is -0.781. The molecule has 0 bridgehead atoms. The first-order chi connectivity index (χ1) is 16.3. The van der Waals surface area contributed by atoms with Gasteiger partial charge in [0.25, 0.3) is 0 Å². The highest BCUT2D eigenvalue weighted by Gasteiger charge is 2.30.